The molecule has 0 aliphatic heterocycles. The van der Waals surface area contributed by atoms with E-state index >= 15 is 0 Å². The van der Waals surface area contributed by atoms with Crippen molar-refractivity contribution in [2.75, 3.05) is 0 Å². The van der Waals surface area contributed by atoms with Crippen LogP contribution in [-0.2, 0) is 10.8 Å². The Kier molecular flexibility index (Phi) is 9.78. The normalized spacial score (nSPS) is 14.8. The van der Waals surface area contributed by atoms with Crippen molar-refractivity contribution in [2.45, 2.75) is 45.4 Å². The summed E-state index contributed by atoms with van der Waals surface area (Å²) in [4.78, 5) is 15.8. The zero-order valence-electron chi connectivity index (χ0n) is 40.9. The molecule has 3 aromatic heterocycles. The number of rotatable bonds is 7. The first-order valence-electron chi connectivity index (χ1n) is 24.8. The lowest BCUT2D eigenvalue weighted by atomic mass is 9.71. The Bertz CT molecular complexity index is 4170. The van der Waals surface area contributed by atoms with E-state index in [1.807, 2.05) is 24.3 Å². The van der Waals surface area contributed by atoms with E-state index in [0.717, 1.165) is 77.1 Å². The number of nitriles is 1. The maximum Gasteiger partial charge on any atom is 0.238 e. The highest BCUT2D eigenvalue weighted by molar-refractivity contribution is 6.23. The first-order valence-corrected chi connectivity index (χ1v) is 24.8. The van der Waals surface area contributed by atoms with Gasteiger partial charge in [0.15, 0.2) is 11.6 Å². The number of aromatic nitrogens is 5. The molecule has 1 atom stereocenters. The summed E-state index contributed by atoms with van der Waals surface area (Å²) in [7, 11) is 0. The molecular weight excluding hydrogens is 877 g/mol. The van der Waals surface area contributed by atoms with Crippen molar-refractivity contribution in [2.24, 2.45) is 5.92 Å². The highest BCUT2D eigenvalue weighted by Crippen LogP contribution is 2.54. The Labute approximate surface area is 419 Å². The van der Waals surface area contributed by atoms with Gasteiger partial charge in [0.1, 0.15) is 0 Å². The zero-order valence-corrected chi connectivity index (χ0v) is 40.9. The fourth-order valence-electron chi connectivity index (χ4n) is 11.7. The Hall–Kier alpha value is -8.92. The molecule has 13 rings (SSSR count). The minimum absolute atomic E-state index is 0.109. The lowest BCUT2D eigenvalue weighted by Gasteiger charge is -2.32. The van der Waals surface area contributed by atoms with Gasteiger partial charge in [0.05, 0.1) is 33.7 Å². The van der Waals surface area contributed by atoms with Crippen molar-refractivity contribution in [3.8, 4) is 73.9 Å². The minimum atomic E-state index is 0.109. The SMILES string of the molecule is CC1C(C)(C)c2ccc(-c3ccc(-c4ccc(-n5c6ccccc6c6ccc7c8ccccc8n(-c8nc(-c9cccc(C#N)c9)nc(-c9cccc(-c%10ccccc%10)c9)n8)c7c65)cc4)cc3)cc2C1(C)C. The van der Waals surface area contributed by atoms with Crippen LogP contribution in [0.1, 0.15) is 51.3 Å². The van der Waals surface area contributed by atoms with Gasteiger partial charge in [-0.2, -0.15) is 15.2 Å². The molecule has 6 heteroatoms. The number of nitrogens with zero attached hydrogens (tertiary/aromatic N) is 6. The first kappa shape index (κ1) is 43.1. The summed E-state index contributed by atoms with van der Waals surface area (Å²) in [6.07, 6.45) is 0. The minimum Gasteiger partial charge on any atom is -0.307 e. The Morgan fingerprint density at radius 2 is 0.875 bits per heavy atom. The summed E-state index contributed by atoms with van der Waals surface area (Å²) < 4.78 is 4.61. The maximum absolute atomic E-state index is 9.97. The molecule has 3 heterocycles. The largest absolute Gasteiger partial charge is 0.307 e. The topological polar surface area (TPSA) is 72.3 Å². The van der Waals surface area contributed by atoms with Crippen molar-refractivity contribution in [1.29, 1.82) is 5.26 Å². The summed E-state index contributed by atoms with van der Waals surface area (Å²) in [6.45, 7) is 12.0. The van der Waals surface area contributed by atoms with Gasteiger partial charge in [0, 0.05) is 38.4 Å². The van der Waals surface area contributed by atoms with E-state index in [0.29, 0.717) is 29.1 Å². The maximum atomic E-state index is 9.97. The van der Waals surface area contributed by atoms with Crippen LogP contribution in [-0.4, -0.2) is 24.1 Å². The van der Waals surface area contributed by atoms with Crippen molar-refractivity contribution >= 4 is 43.6 Å². The zero-order chi connectivity index (χ0) is 48.9. The second kappa shape index (κ2) is 16.3. The highest BCUT2D eigenvalue weighted by Gasteiger charge is 2.48. The molecule has 0 saturated heterocycles. The van der Waals surface area contributed by atoms with Crippen LogP contribution < -0.4 is 0 Å². The highest BCUT2D eigenvalue weighted by atomic mass is 15.2. The van der Waals surface area contributed by atoms with Crippen LogP contribution in [0.4, 0.5) is 0 Å². The van der Waals surface area contributed by atoms with E-state index in [2.05, 4.69) is 226 Å². The van der Waals surface area contributed by atoms with Crippen LogP contribution >= 0.6 is 0 Å². The Morgan fingerprint density at radius 3 is 1.53 bits per heavy atom. The molecule has 344 valence electrons. The molecule has 12 aromatic rings. The number of benzene rings is 9. The summed E-state index contributed by atoms with van der Waals surface area (Å²) in [5.74, 6) is 2.05. The summed E-state index contributed by atoms with van der Waals surface area (Å²) in [5.41, 5.74) is 17.5. The molecule has 0 radical (unpaired) electrons. The molecule has 0 bridgehead atoms. The number of fused-ring (bicyclic) bond motifs is 8. The van der Waals surface area contributed by atoms with E-state index in [1.165, 1.54) is 27.8 Å². The molecule has 0 saturated carbocycles. The van der Waals surface area contributed by atoms with Crippen LogP contribution in [0, 0.1) is 17.2 Å². The third-order valence-electron chi connectivity index (χ3n) is 16.0. The van der Waals surface area contributed by atoms with E-state index < -0.39 is 0 Å². The molecule has 0 amide bonds. The van der Waals surface area contributed by atoms with Gasteiger partial charge in [0.2, 0.25) is 5.95 Å². The van der Waals surface area contributed by atoms with Gasteiger partial charge in [-0.05, 0) is 104 Å². The van der Waals surface area contributed by atoms with E-state index in [9.17, 15) is 5.26 Å². The lowest BCUT2D eigenvalue weighted by Crippen LogP contribution is -2.30. The molecular formula is C66H50N6. The molecule has 6 nitrogen and oxygen atoms in total. The van der Waals surface area contributed by atoms with Crippen LogP contribution in [0.25, 0.3) is 111 Å². The van der Waals surface area contributed by atoms with Gasteiger partial charge in [-0.25, -0.2) is 4.98 Å². The van der Waals surface area contributed by atoms with Crippen LogP contribution in [0.3, 0.4) is 0 Å². The average Bonchev–Trinajstić information content (AvgIpc) is 4.00. The van der Waals surface area contributed by atoms with Crippen LogP contribution in [0.5, 0.6) is 0 Å². The first-order chi connectivity index (χ1) is 35.1. The second-order valence-corrected chi connectivity index (χ2v) is 20.5. The smallest absolute Gasteiger partial charge is 0.238 e. The van der Waals surface area contributed by atoms with Gasteiger partial charge in [-0.15, -0.1) is 0 Å². The Balaban J connectivity index is 0.976. The van der Waals surface area contributed by atoms with Crippen molar-refractivity contribution in [3.63, 3.8) is 0 Å². The van der Waals surface area contributed by atoms with E-state index in [4.69, 9.17) is 15.0 Å². The van der Waals surface area contributed by atoms with Gasteiger partial charge in [-0.1, -0.05) is 198 Å². The molecule has 9 aromatic carbocycles. The molecule has 0 N–H and O–H groups in total. The fourth-order valence-corrected chi connectivity index (χ4v) is 11.7. The van der Waals surface area contributed by atoms with Crippen LogP contribution in [0.2, 0.25) is 0 Å². The molecule has 0 spiro atoms. The van der Waals surface area contributed by atoms with Crippen LogP contribution in [0.15, 0.2) is 206 Å². The van der Waals surface area contributed by atoms with Crippen molar-refractivity contribution < 1.29 is 0 Å². The van der Waals surface area contributed by atoms with Gasteiger partial charge in [0.25, 0.3) is 0 Å². The number of para-hydroxylation sites is 2. The molecule has 72 heavy (non-hydrogen) atoms. The van der Waals surface area contributed by atoms with Crippen molar-refractivity contribution in [1.82, 2.24) is 24.1 Å². The molecule has 0 fully saturated rings. The Morgan fingerprint density at radius 1 is 0.403 bits per heavy atom. The summed E-state index contributed by atoms with van der Waals surface area (Å²) >= 11 is 0. The van der Waals surface area contributed by atoms with Gasteiger partial charge < -0.3 is 4.57 Å². The quantitative estimate of drug-likeness (QED) is 0.160. The third kappa shape index (κ3) is 6.72. The number of hydrogen-bond acceptors (Lipinski definition) is 4. The van der Waals surface area contributed by atoms with Gasteiger partial charge >= 0.3 is 0 Å². The van der Waals surface area contributed by atoms with E-state index in [1.54, 1.807) is 6.07 Å². The predicted molar refractivity (Wildman–Crippen MR) is 296 cm³/mol. The molecule has 1 unspecified atom stereocenters. The summed E-state index contributed by atoms with van der Waals surface area (Å²) in [6, 6.07) is 75.3. The molecule has 1 aliphatic carbocycles. The second-order valence-electron chi connectivity index (χ2n) is 20.5. The molecule has 1 aliphatic rings. The monoisotopic (exact) mass is 926 g/mol. The average molecular weight is 927 g/mol. The van der Waals surface area contributed by atoms with E-state index in [-0.39, 0.29) is 10.8 Å². The predicted octanol–water partition coefficient (Wildman–Crippen LogP) is 16.5. The number of hydrogen-bond donors (Lipinski definition) is 0. The van der Waals surface area contributed by atoms with Gasteiger partial charge in [-0.3, -0.25) is 4.57 Å². The standard InChI is InChI=1S/C66H50N6/c1-41-65(2,3)56-36-31-48(39-57(56)66(41,4)5)46-27-25-44(26-28-46)45-29-32-51(33-30-45)71-58-23-11-9-21-52(58)54-34-35-55-53-22-10-12-24-59(53)72(61(55)60(54)71)64-69-62(49-19-13-15-42(37-49)40-67)68-63(70-64)50-20-14-18-47(38-50)43-16-7-6-8-17-43/h6-39,41H,1-5H3. The lowest BCUT2D eigenvalue weighted by molar-refractivity contribution is 0.264. The fraction of sp³-hybridized carbons (Fsp3) is 0.121. The third-order valence-corrected chi connectivity index (χ3v) is 16.0. The van der Waals surface area contributed by atoms with Crippen molar-refractivity contribution in [3.05, 3.63) is 223 Å². The summed E-state index contributed by atoms with van der Waals surface area (Å²) in [5, 5.41) is 14.4.